The zero-order chi connectivity index (χ0) is 28.5. The molecule has 0 aliphatic rings. The molecule has 43 heavy (non-hydrogen) atoms. The van der Waals surface area contributed by atoms with Gasteiger partial charge in [-0.1, -0.05) is 62.7 Å². The molecule has 0 fully saturated rings. The molecule has 0 aliphatic heterocycles. The van der Waals surface area contributed by atoms with Crippen LogP contribution in [-0.4, -0.2) is 18.8 Å². The van der Waals surface area contributed by atoms with Crippen molar-refractivity contribution in [3.05, 3.63) is 120 Å². The van der Waals surface area contributed by atoms with E-state index in [2.05, 4.69) is 122 Å². The fourth-order valence-corrected chi connectivity index (χ4v) is 6.44. The van der Waals surface area contributed by atoms with Crippen LogP contribution in [0, 0.1) is 12.1 Å². The van der Waals surface area contributed by atoms with Gasteiger partial charge in [0.25, 0.3) is 0 Å². The van der Waals surface area contributed by atoms with Crippen molar-refractivity contribution in [2.75, 3.05) is 0 Å². The second kappa shape index (κ2) is 10.6. The monoisotopic (exact) mass is 739 g/mol. The van der Waals surface area contributed by atoms with E-state index in [1.54, 1.807) is 0 Å². The number of aryl methyl sites for hydroxylation is 2. The van der Waals surface area contributed by atoms with E-state index in [4.69, 9.17) is 9.97 Å². The molecule has 4 heterocycles. The van der Waals surface area contributed by atoms with Crippen LogP contribution in [0.2, 0.25) is 0 Å². The second-order valence-electron chi connectivity index (χ2n) is 12.1. The van der Waals surface area contributed by atoms with E-state index in [0.29, 0.717) is 11.8 Å². The third-order valence-corrected chi connectivity index (χ3v) is 8.78. The third kappa shape index (κ3) is 4.46. The van der Waals surface area contributed by atoms with Crippen LogP contribution in [0.15, 0.2) is 85.2 Å². The fourth-order valence-electron chi connectivity index (χ4n) is 6.44. The molecule has 0 saturated carbocycles. The van der Waals surface area contributed by atoms with Crippen LogP contribution in [-0.2, 0) is 33.9 Å². The minimum absolute atomic E-state index is 0. The molecule has 214 valence electrons. The summed E-state index contributed by atoms with van der Waals surface area (Å²) >= 11 is 0. The van der Waals surface area contributed by atoms with Gasteiger partial charge in [-0.15, -0.1) is 59.3 Å². The number of nitrogens with zero attached hydrogens (tertiary/aromatic N) is 4. The zero-order valence-corrected chi connectivity index (χ0v) is 27.0. The number of hydrogen-bond donors (Lipinski definition) is 0. The number of benzene rings is 4. The Kier molecular flexibility index (Phi) is 6.86. The molecule has 8 rings (SSSR count). The molecule has 0 atom stereocenters. The van der Waals surface area contributed by atoms with Crippen molar-refractivity contribution in [3.63, 3.8) is 0 Å². The molecule has 4 aromatic heterocycles. The average molecular weight is 740 g/mol. The summed E-state index contributed by atoms with van der Waals surface area (Å²) in [6.45, 7) is 8.98. The van der Waals surface area contributed by atoms with E-state index in [1.807, 2.05) is 12.1 Å². The van der Waals surface area contributed by atoms with Gasteiger partial charge >= 0.3 is 21.1 Å². The maximum Gasteiger partial charge on any atom is 2.00 e. The van der Waals surface area contributed by atoms with Crippen molar-refractivity contribution in [1.82, 2.24) is 18.8 Å². The summed E-state index contributed by atoms with van der Waals surface area (Å²) in [4.78, 5) is 10.3. The van der Waals surface area contributed by atoms with Crippen molar-refractivity contribution >= 4 is 54.6 Å². The van der Waals surface area contributed by atoms with Crippen molar-refractivity contribution in [2.45, 2.75) is 52.4 Å². The Labute approximate surface area is 265 Å². The Morgan fingerprint density at radius 3 is 1.47 bits per heavy atom. The first-order valence-electron chi connectivity index (χ1n) is 14.9. The first-order valence-corrected chi connectivity index (χ1v) is 14.9. The van der Waals surface area contributed by atoms with Crippen molar-refractivity contribution in [1.29, 1.82) is 0 Å². The van der Waals surface area contributed by atoms with E-state index in [9.17, 15) is 0 Å². The van der Waals surface area contributed by atoms with Gasteiger partial charge in [0.1, 0.15) is 0 Å². The smallest absolute Gasteiger partial charge is 0.340 e. The topological polar surface area (TPSA) is 34.6 Å². The summed E-state index contributed by atoms with van der Waals surface area (Å²) in [6, 6.07) is 33.1. The fraction of sp³-hybridized carbons (Fsp3) is 0.211. The summed E-state index contributed by atoms with van der Waals surface area (Å²) in [5, 5.41) is 7.05. The molecule has 0 saturated heterocycles. The Hall–Kier alpha value is -4.01. The molecule has 4 nitrogen and oxygen atoms in total. The molecule has 0 aliphatic carbocycles. The van der Waals surface area contributed by atoms with Gasteiger partial charge in [-0.2, -0.15) is 0 Å². The molecule has 0 bridgehead atoms. The van der Waals surface area contributed by atoms with Crippen LogP contribution in [0.1, 0.15) is 62.0 Å². The van der Waals surface area contributed by atoms with E-state index >= 15 is 0 Å². The Morgan fingerprint density at radius 2 is 1.05 bits per heavy atom. The number of rotatable bonds is 5. The number of pyridine rings is 2. The second-order valence-corrected chi connectivity index (χ2v) is 12.1. The van der Waals surface area contributed by atoms with E-state index in [0.717, 1.165) is 46.3 Å². The summed E-state index contributed by atoms with van der Waals surface area (Å²) in [6.07, 6.45) is 6.02. The number of imidazole rings is 2. The summed E-state index contributed by atoms with van der Waals surface area (Å²) in [7, 11) is 0. The molecule has 0 unspecified atom stereocenters. The summed E-state index contributed by atoms with van der Waals surface area (Å²) < 4.78 is 4.50. The van der Waals surface area contributed by atoms with Gasteiger partial charge in [0.05, 0.1) is 11.3 Å². The Bertz CT molecular complexity index is 2160. The normalized spacial score (nSPS) is 12.1. The predicted molar refractivity (Wildman–Crippen MR) is 174 cm³/mol. The molecule has 0 N–H and O–H groups in total. The number of fused-ring (bicyclic) bond motifs is 12. The van der Waals surface area contributed by atoms with Crippen molar-refractivity contribution in [2.24, 2.45) is 0 Å². The molecule has 4 aromatic carbocycles. The minimum atomic E-state index is 0. The molecule has 5 heteroatoms. The molecule has 8 aromatic rings. The molecule has 0 spiro atoms. The van der Waals surface area contributed by atoms with Crippen LogP contribution in [0.4, 0.5) is 0 Å². The first kappa shape index (κ1) is 27.8. The third-order valence-electron chi connectivity index (χ3n) is 8.78. The predicted octanol–water partition coefficient (Wildman–Crippen LogP) is 9.22. The van der Waals surface area contributed by atoms with Crippen LogP contribution >= 0.6 is 0 Å². The van der Waals surface area contributed by atoms with Gasteiger partial charge in [0, 0.05) is 34.8 Å². The van der Waals surface area contributed by atoms with Gasteiger partial charge in [-0.05, 0) is 58.7 Å². The van der Waals surface area contributed by atoms with Gasteiger partial charge in [0.15, 0.2) is 0 Å². The van der Waals surface area contributed by atoms with Crippen molar-refractivity contribution in [3.8, 4) is 0 Å². The summed E-state index contributed by atoms with van der Waals surface area (Å²) in [5.41, 5.74) is 9.11. The first-order chi connectivity index (χ1) is 20.5. The molecular weight excluding hydrogens is 708 g/mol. The molecule has 0 amide bonds. The van der Waals surface area contributed by atoms with E-state index in [-0.39, 0.29) is 21.1 Å². The van der Waals surface area contributed by atoms with Gasteiger partial charge < -0.3 is 8.80 Å². The number of aromatic nitrogens is 4. The minimum Gasteiger partial charge on any atom is -0.340 e. The average Bonchev–Trinajstić information content (AvgIpc) is 3.65. The largest absolute Gasteiger partial charge is 2.00 e. The van der Waals surface area contributed by atoms with E-state index < -0.39 is 0 Å². The van der Waals surface area contributed by atoms with Gasteiger partial charge in [-0.3, -0.25) is 9.97 Å². The Balaban J connectivity index is 0.00000300. The molecular formula is C38H32N4Pt. The van der Waals surface area contributed by atoms with E-state index in [1.165, 1.54) is 43.7 Å². The van der Waals surface area contributed by atoms with Crippen LogP contribution in [0.3, 0.4) is 0 Å². The quantitative estimate of drug-likeness (QED) is 0.130. The SMILES string of the molecule is CC(C)c1ccc2c(c1)c1ccc[c-]c1c1nc(CCc3cn4c5ccc(C(C)C)cc5c5ccc[c-]c5c4n3)cn21.[Pt+2]. The van der Waals surface area contributed by atoms with Crippen LogP contribution < -0.4 is 0 Å². The summed E-state index contributed by atoms with van der Waals surface area (Å²) in [5.74, 6) is 0.946. The zero-order valence-electron chi connectivity index (χ0n) is 24.8. The maximum absolute atomic E-state index is 5.13. The standard InChI is InChI=1S/C38H32N4.Pt/c1-23(2)25-13-17-35-33(19-25)29-9-5-7-11-31(29)37-39-27(21-41(35)37)15-16-28-22-42-36-18-14-26(24(3)4)20-34(36)30-10-6-8-12-32(30)38(42)40-28;/h5-10,13-14,17-24H,15-16H2,1-4H3;/q-2;+2. The Morgan fingerprint density at radius 1 is 0.605 bits per heavy atom. The van der Waals surface area contributed by atoms with Crippen molar-refractivity contribution < 1.29 is 21.1 Å². The maximum atomic E-state index is 5.13. The van der Waals surface area contributed by atoms with Gasteiger partial charge in [0.2, 0.25) is 0 Å². The van der Waals surface area contributed by atoms with Crippen LogP contribution in [0.5, 0.6) is 0 Å². The van der Waals surface area contributed by atoms with Gasteiger partial charge in [-0.25, -0.2) is 0 Å². The van der Waals surface area contributed by atoms with Crippen LogP contribution in [0.25, 0.3) is 54.6 Å². The number of hydrogen-bond acceptors (Lipinski definition) is 2. The molecule has 0 radical (unpaired) electrons.